The Morgan fingerprint density at radius 3 is 2.50 bits per heavy atom. The van der Waals surface area contributed by atoms with Crippen LogP contribution in [0.15, 0.2) is 18.2 Å². The molecule has 1 fully saturated rings. The quantitative estimate of drug-likeness (QED) is 0.897. The number of hydrogen-bond donors (Lipinski definition) is 1. The van der Waals surface area contributed by atoms with Gasteiger partial charge in [-0.2, -0.15) is 0 Å². The fourth-order valence-corrected chi connectivity index (χ4v) is 2.77. The molecule has 7 heteroatoms. The fourth-order valence-electron chi connectivity index (χ4n) is 2.77. The number of carbonyl (C=O) groups excluding carboxylic acids is 2. The first-order valence-corrected chi connectivity index (χ1v) is 7.01. The van der Waals surface area contributed by atoms with E-state index in [4.69, 9.17) is 10.5 Å². The van der Waals surface area contributed by atoms with Crippen LogP contribution in [0.3, 0.4) is 0 Å². The van der Waals surface area contributed by atoms with Gasteiger partial charge in [0.25, 0.3) is 5.91 Å². The molecule has 120 valence electrons. The standard InChI is InChI=1S/C15H18F2N2O3/c1-19(15(14(18)21)6-2-3-7-15)13(20)9-22-12-5-4-10(16)8-11(12)17/h4-5,8H,2-3,6-7,9H2,1H3,(H2,18,21). The van der Waals surface area contributed by atoms with E-state index in [0.717, 1.165) is 25.0 Å². The molecule has 1 aromatic rings. The minimum Gasteiger partial charge on any atom is -0.481 e. The Morgan fingerprint density at radius 1 is 1.32 bits per heavy atom. The highest BCUT2D eigenvalue weighted by Gasteiger charge is 2.45. The van der Waals surface area contributed by atoms with Gasteiger partial charge in [0.15, 0.2) is 18.2 Å². The number of nitrogens with two attached hydrogens (primary N) is 1. The SMILES string of the molecule is CN(C(=O)COc1ccc(F)cc1F)C1(C(N)=O)CCCC1. The molecule has 5 nitrogen and oxygen atoms in total. The second-order valence-electron chi connectivity index (χ2n) is 5.42. The van der Waals surface area contributed by atoms with Gasteiger partial charge in [-0.25, -0.2) is 8.78 Å². The number of halogens is 2. The third kappa shape index (κ3) is 3.03. The Bertz CT molecular complexity index is 586. The van der Waals surface area contributed by atoms with Crippen LogP contribution in [0.2, 0.25) is 0 Å². The van der Waals surface area contributed by atoms with E-state index in [1.54, 1.807) is 0 Å². The van der Waals surface area contributed by atoms with Crippen molar-refractivity contribution in [2.45, 2.75) is 31.2 Å². The lowest BCUT2D eigenvalue weighted by molar-refractivity contribution is -0.145. The molecule has 1 aromatic carbocycles. The Morgan fingerprint density at radius 2 is 1.95 bits per heavy atom. The van der Waals surface area contributed by atoms with Crippen molar-refractivity contribution in [2.75, 3.05) is 13.7 Å². The van der Waals surface area contributed by atoms with E-state index in [1.807, 2.05) is 0 Å². The van der Waals surface area contributed by atoms with Crippen molar-refractivity contribution in [3.05, 3.63) is 29.8 Å². The predicted octanol–water partition coefficient (Wildman–Crippen LogP) is 1.60. The fraction of sp³-hybridized carbons (Fsp3) is 0.467. The Labute approximate surface area is 127 Å². The Balaban J connectivity index is 2.03. The van der Waals surface area contributed by atoms with Gasteiger partial charge in [0.05, 0.1) is 0 Å². The molecule has 1 saturated carbocycles. The third-order valence-corrected chi connectivity index (χ3v) is 4.15. The summed E-state index contributed by atoms with van der Waals surface area (Å²) in [6.07, 6.45) is 2.65. The predicted molar refractivity (Wildman–Crippen MR) is 75.0 cm³/mol. The minimum atomic E-state index is -0.998. The van der Waals surface area contributed by atoms with E-state index >= 15 is 0 Å². The van der Waals surface area contributed by atoms with Crippen molar-refractivity contribution in [3.8, 4) is 5.75 Å². The molecule has 0 heterocycles. The summed E-state index contributed by atoms with van der Waals surface area (Å²) in [7, 11) is 1.49. The van der Waals surface area contributed by atoms with Gasteiger partial charge in [-0.1, -0.05) is 12.8 Å². The molecule has 0 unspecified atom stereocenters. The molecule has 2 rings (SSSR count). The van der Waals surface area contributed by atoms with E-state index in [-0.39, 0.29) is 5.75 Å². The third-order valence-electron chi connectivity index (χ3n) is 4.15. The van der Waals surface area contributed by atoms with Gasteiger partial charge in [-0.05, 0) is 25.0 Å². The van der Waals surface area contributed by atoms with E-state index in [0.29, 0.717) is 18.9 Å². The zero-order valence-electron chi connectivity index (χ0n) is 12.3. The molecule has 0 aliphatic heterocycles. The molecule has 1 aliphatic rings. The molecule has 0 radical (unpaired) electrons. The van der Waals surface area contributed by atoms with Crippen LogP contribution in [-0.2, 0) is 9.59 Å². The van der Waals surface area contributed by atoms with E-state index < -0.39 is 35.6 Å². The van der Waals surface area contributed by atoms with Gasteiger partial charge in [-0.15, -0.1) is 0 Å². The normalized spacial score (nSPS) is 16.3. The van der Waals surface area contributed by atoms with Crippen molar-refractivity contribution >= 4 is 11.8 Å². The van der Waals surface area contributed by atoms with E-state index in [9.17, 15) is 18.4 Å². The highest BCUT2D eigenvalue weighted by atomic mass is 19.1. The van der Waals surface area contributed by atoms with Crippen LogP contribution in [-0.4, -0.2) is 35.9 Å². The van der Waals surface area contributed by atoms with Crippen LogP contribution in [0.4, 0.5) is 8.78 Å². The molecule has 0 spiro atoms. The summed E-state index contributed by atoms with van der Waals surface area (Å²) in [4.78, 5) is 25.2. The molecule has 0 atom stereocenters. The van der Waals surface area contributed by atoms with Gasteiger partial charge >= 0.3 is 0 Å². The second-order valence-corrected chi connectivity index (χ2v) is 5.42. The van der Waals surface area contributed by atoms with Crippen LogP contribution < -0.4 is 10.5 Å². The molecular formula is C15H18F2N2O3. The highest BCUT2D eigenvalue weighted by Crippen LogP contribution is 2.34. The van der Waals surface area contributed by atoms with Crippen LogP contribution in [0.25, 0.3) is 0 Å². The monoisotopic (exact) mass is 312 g/mol. The summed E-state index contributed by atoms with van der Waals surface area (Å²) in [6.45, 7) is -0.450. The summed E-state index contributed by atoms with van der Waals surface area (Å²) in [5, 5.41) is 0. The molecule has 0 aromatic heterocycles. The molecule has 2 N–H and O–H groups in total. The highest BCUT2D eigenvalue weighted by molar-refractivity contribution is 5.91. The topological polar surface area (TPSA) is 72.6 Å². The number of carbonyl (C=O) groups is 2. The average Bonchev–Trinajstić information content (AvgIpc) is 2.96. The van der Waals surface area contributed by atoms with Gasteiger partial charge < -0.3 is 15.4 Å². The summed E-state index contributed by atoms with van der Waals surface area (Å²) in [5.74, 6) is -2.87. The number of nitrogens with zero attached hydrogens (tertiary/aromatic N) is 1. The number of amides is 2. The average molecular weight is 312 g/mol. The number of rotatable bonds is 5. The Kier molecular flexibility index (Phi) is 4.63. The number of hydrogen-bond acceptors (Lipinski definition) is 3. The van der Waals surface area contributed by atoms with Gasteiger partial charge in [-0.3, -0.25) is 9.59 Å². The molecule has 22 heavy (non-hydrogen) atoms. The zero-order chi connectivity index (χ0) is 16.3. The van der Waals surface area contributed by atoms with Crippen molar-refractivity contribution in [1.29, 1.82) is 0 Å². The van der Waals surface area contributed by atoms with Crippen LogP contribution in [0, 0.1) is 11.6 Å². The first-order valence-electron chi connectivity index (χ1n) is 7.01. The minimum absolute atomic E-state index is 0.220. The Hall–Kier alpha value is -2.18. The van der Waals surface area contributed by atoms with Crippen LogP contribution >= 0.6 is 0 Å². The molecule has 0 bridgehead atoms. The summed E-state index contributed by atoms with van der Waals surface area (Å²) >= 11 is 0. The van der Waals surface area contributed by atoms with Crippen molar-refractivity contribution in [3.63, 3.8) is 0 Å². The molecule has 1 aliphatic carbocycles. The van der Waals surface area contributed by atoms with Crippen molar-refractivity contribution in [2.24, 2.45) is 5.73 Å². The van der Waals surface area contributed by atoms with Crippen LogP contribution in [0.5, 0.6) is 5.75 Å². The maximum absolute atomic E-state index is 13.4. The number of likely N-dealkylation sites (N-methyl/N-ethyl adjacent to an activating group) is 1. The lowest BCUT2D eigenvalue weighted by Crippen LogP contribution is -2.57. The summed E-state index contributed by atoms with van der Waals surface area (Å²) in [6, 6.07) is 2.82. The van der Waals surface area contributed by atoms with Gasteiger partial charge in [0.1, 0.15) is 11.4 Å². The van der Waals surface area contributed by atoms with Crippen molar-refractivity contribution < 1.29 is 23.1 Å². The maximum atomic E-state index is 13.4. The second kappa shape index (κ2) is 6.29. The van der Waals surface area contributed by atoms with Gasteiger partial charge in [0, 0.05) is 13.1 Å². The number of benzene rings is 1. The first-order chi connectivity index (χ1) is 10.4. The molecular weight excluding hydrogens is 294 g/mol. The van der Waals surface area contributed by atoms with Gasteiger partial charge in [0.2, 0.25) is 5.91 Å². The molecule has 2 amide bonds. The zero-order valence-corrected chi connectivity index (χ0v) is 12.3. The first kappa shape index (κ1) is 16.2. The maximum Gasteiger partial charge on any atom is 0.261 e. The van der Waals surface area contributed by atoms with E-state index in [2.05, 4.69) is 0 Å². The smallest absolute Gasteiger partial charge is 0.261 e. The number of ether oxygens (including phenoxy) is 1. The largest absolute Gasteiger partial charge is 0.481 e. The lowest BCUT2D eigenvalue weighted by Gasteiger charge is -2.35. The lowest BCUT2D eigenvalue weighted by atomic mass is 9.94. The van der Waals surface area contributed by atoms with Crippen molar-refractivity contribution in [1.82, 2.24) is 4.90 Å². The summed E-state index contributed by atoms with van der Waals surface area (Å²) in [5.41, 5.74) is 4.45. The van der Waals surface area contributed by atoms with E-state index in [1.165, 1.54) is 11.9 Å². The van der Waals surface area contributed by atoms with Crippen LogP contribution in [0.1, 0.15) is 25.7 Å². The molecule has 0 saturated heterocycles. The summed E-state index contributed by atoms with van der Waals surface area (Å²) < 4.78 is 31.3. The number of primary amides is 1.